The summed E-state index contributed by atoms with van der Waals surface area (Å²) < 4.78 is 1.24. The summed E-state index contributed by atoms with van der Waals surface area (Å²) in [7, 11) is 0. The van der Waals surface area contributed by atoms with Crippen LogP contribution in [-0.4, -0.2) is 6.54 Å². The average molecular weight is 338 g/mol. The average Bonchev–Trinajstić information content (AvgIpc) is 2.82. The van der Waals surface area contributed by atoms with Crippen LogP contribution in [0.1, 0.15) is 30.3 Å². The van der Waals surface area contributed by atoms with Crippen LogP contribution in [0.4, 0.5) is 0 Å². The van der Waals surface area contributed by atoms with Crippen molar-refractivity contribution < 1.29 is 0 Å². The van der Waals surface area contributed by atoms with Crippen molar-refractivity contribution >= 4 is 27.3 Å². The summed E-state index contributed by atoms with van der Waals surface area (Å²) >= 11 is 5.46. The van der Waals surface area contributed by atoms with Gasteiger partial charge in [-0.1, -0.05) is 44.2 Å². The van der Waals surface area contributed by atoms with E-state index >= 15 is 0 Å². The van der Waals surface area contributed by atoms with Crippen LogP contribution >= 0.6 is 27.3 Å². The maximum atomic E-state index is 3.63. The van der Waals surface area contributed by atoms with Gasteiger partial charge in [0, 0.05) is 15.4 Å². The summed E-state index contributed by atoms with van der Waals surface area (Å²) in [6.07, 6.45) is 1.10. The molecule has 2 aromatic rings. The standard InChI is InChI=1S/C16H20BrNS/c1-3-18-16(13-7-5-4-6-8-13)12(2)11-15-14(17)9-10-19-15/h4-10,12,16,18H,3,11H2,1-2H3. The van der Waals surface area contributed by atoms with Crippen molar-refractivity contribution in [1.82, 2.24) is 5.32 Å². The van der Waals surface area contributed by atoms with Crippen molar-refractivity contribution in [3.05, 3.63) is 56.7 Å². The van der Waals surface area contributed by atoms with Gasteiger partial charge in [0.2, 0.25) is 0 Å². The number of rotatable bonds is 6. The third kappa shape index (κ3) is 3.91. The van der Waals surface area contributed by atoms with Gasteiger partial charge in [0.25, 0.3) is 0 Å². The number of nitrogens with one attached hydrogen (secondary N) is 1. The summed E-state index contributed by atoms with van der Waals surface area (Å²) in [4.78, 5) is 1.44. The number of benzene rings is 1. The second kappa shape index (κ2) is 7.22. The van der Waals surface area contributed by atoms with Crippen LogP contribution in [0.5, 0.6) is 0 Å². The van der Waals surface area contributed by atoms with Crippen LogP contribution in [0.3, 0.4) is 0 Å². The molecule has 19 heavy (non-hydrogen) atoms. The van der Waals surface area contributed by atoms with Crippen LogP contribution in [0, 0.1) is 5.92 Å². The van der Waals surface area contributed by atoms with Crippen LogP contribution in [0.2, 0.25) is 0 Å². The van der Waals surface area contributed by atoms with E-state index in [1.807, 2.05) is 11.3 Å². The SMILES string of the molecule is CCNC(c1ccccc1)C(C)Cc1sccc1Br. The fourth-order valence-corrected chi connectivity index (χ4v) is 4.07. The molecule has 0 radical (unpaired) electrons. The minimum Gasteiger partial charge on any atom is -0.310 e. The predicted octanol–water partition coefficient (Wildman–Crippen LogP) is 5.04. The van der Waals surface area contributed by atoms with Crippen LogP contribution < -0.4 is 5.32 Å². The molecule has 1 aromatic heterocycles. The zero-order valence-corrected chi connectivity index (χ0v) is 13.8. The van der Waals surface area contributed by atoms with E-state index in [0.717, 1.165) is 13.0 Å². The fraction of sp³-hybridized carbons (Fsp3) is 0.375. The highest BCUT2D eigenvalue weighted by Gasteiger charge is 2.19. The van der Waals surface area contributed by atoms with Gasteiger partial charge >= 0.3 is 0 Å². The Labute approximate surface area is 128 Å². The van der Waals surface area contributed by atoms with E-state index in [1.165, 1.54) is 14.9 Å². The smallest absolute Gasteiger partial charge is 0.0349 e. The lowest BCUT2D eigenvalue weighted by Crippen LogP contribution is -2.27. The molecule has 0 fully saturated rings. The number of hydrogen-bond acceptors (Lipinski definition) is 2. The van der Waals surface area contributed by atoms with Gasteiger partial charge in [-0.2, -0.15) is 0 Å². The molecular weight excluding hydrogens is 318 g/mol. The number of thiophene rings is 1. The molecule has 2 atom stereocenters. The lowest BCUT2D eigenvalue weighted by atomic mass is 9.91. The maximum Gasteiger partial charge on any atom is 0.0349 e. The maximum absolute atomic E-state index is 3.63. The Hall–Kier alpha value is -0.640. The van der Waals surface area contributed by atoms with Gasteiger partial charge in [-0.05, 0) is 51.8 Å². The van der Waals surface area contributed by atoms with Crippen molar-refractivity contribution in [1.29, 1.82) is 0 Å². The molecule has 0 aliphatic heterocycles. The first-order chi connectivity index (χ1) is 9.22. The van der Waals surface area contributed by atoms with Crippen molar-refractivity contribution in [3.63, 3.8) is 0 Å². The first-order valence-corrected chi connectivity index (χ1v) is 8.39. The molecule has 0 saturated heterocycles. The molecule has 3 heteroatoms. The third-order valence-electron chi connectivity index (χ3n) is 3.35. The number of halogens is 1. The Morgan fingerprint density at radius 2 is 1.95 bits per heavy atom. The quantitative estimate of drug-likeness (QED) is 0.778. The molecule has 1 aromatic carbocycles. The molecule has 0 aliphatic rings. The molecule has 0 bridgehead atoms. The highest BCUT2D eigenvalue weighted by Crippen LogP contribution is 2.30. The molecule has 1 N–H and O–H groups in total. The zero-order valence-electron chi connectivity index (χ0n) is 11.4. The molecule has 1 heterocycles. The van der Waals surface area contributed by atoms with Crippen LogP contribution in [0.15, 0.2) is 46.3 Å². The molecule has 0 aliphatic carbocycles. The molecule has 1 nitrogen and oxygen atoms in total. The second-order valence-electron chi connectivity index (χ2n) is 4.82. The predicted molar refractivity (Wildman–Crippen MR) is 87.7 cm³/mol. The van der Waals surface area contributed by atoms with Crippen LogP contribution in [0.25, 0.3) is 0 Å². The van der Waals surface area contributed by atoms with E-state index < -0.39 is 0 Å². The lowest BCUT2D eigenvalue weighted by molar-refractivity contribution is 0.393. The van der Waals surface area contributed by atoms with Gasteiger partial charge in [-0.25, -0.2) is 0 Å². The third-order valence-corrected chi connectivity index (χ3v) is 5.30. The van der Waals surface area contributed by atoms with E-state index in [2.05, 4.69) is 76.9 Å². The molecular formula is C16H20BrNS. The fourth-order valence-electron chi connectivity index (χ4n) is 2.41. The topological polar surface area (TPSA) is 12.0 Å². The first-order valence-electron chi connectivity index (χ1n) is 6.72. The van der Waals surface area contributed by atoms with Crippen molar-refractivity contribution in [2.75, 3.05) is 6.54 Å². The Bertz CT molecular complexity index is 494. The molecule has 2 unspecified atom stereocenters. The summed E-state index contributed by atoms with van der Waals surface area (Å²) in [6.45, 7) is 5.49. The monoisotopic (exact) mass is 337 g/mol. The molecule has 102 valence electrons. The van der Waals surface area contributed by atoms with Gasteiger partial charge < -0.3 is 5.32 Å². The first kappa shape index (κ1) is 14.8. The molecule has 0 amide bonds. The Kier molecular flexibility index (Phi) is 5.61. The van der Waals surface area contributed by atoms with E-state index in [0.29, 0.717) is 12.0 Å². The van der Waals surface area contributed by atoms with Gasteiger partial charge in [0.15, 0.2) is 0 Å². The normalized spacial score (nSPS) is 14.3. The lowest BCUT2D eigenvalue weighted by Gasteiger charge is -2.25. The van der Waals surface area contributed by atoms with Crippen LogP contribution in [-0.2, 0) is 6.42 Å². The minimum absolute atomic E-state index is 0.417. The van der Waals surface area contributed by atoms with Crippen molar-refractivity contribution in [2.24, 2.45) is 5.92 Å². The highest BCUT2D eigenvalue weighted by atomic mass is 79.9. The highest BCUT2D eigenvalue weighted by molar-refractivity contribution is 9.10. The molecule has 0 spiro atoms. The van der Waals surface area contributed by atoms with Gasteiger partial charge in [-0.15, -0.1) is 11.3 Å². The minimum atomic E-state index is 0.417. The molecule has 0 saturated carbocycles. The van der Waals surface area contributed by atoms with Crippen molar-refractivity contribution in [2.45, 2.75) is 26.3 Å². The van der Waals surface area contributed by atoms with Gasteiger partial charge in [0.1, 0.15) is 0 Å². The van der Waals surface area contributed by atoms with Crippen molar-refractivity contribution in [3.8, 4) is 0 Å². The van der Waals surface area contributed by atoms with E-state index in [1.54, 1.807) is 0 Å². The van der Waals surface area contributed by atoms with E-state index in [-0.39, 0.29) is 0 Å². The summed E-state index contributed by atoms with van der Waals surface area (Å²) in [6, 6.07) is 13.3. The Balaban J connectivity index is 2.13. The summed E-state index contributed by atoms with van der Waals surface area (Å²) in [5.74, 6) is 0.567. The largest absolute Gasteiger partial charge is 0.310 e. The zero-order chi connectivity index (χ0) is 13.7. The Morgan fingerprint density at radius 1 is 1.21 bits per heavy atom. The van der Waals surface area contributed by atoms with E-state index in [4.69, 9.17) is 0 Å². The summed E-state index contributed by atoms with van der Waals surface area (Å²) in [5.41, 5.74) is 1.38. The summed E-state index contributed by atoms with van der Waals surface area (Å²) in [5, 5.41) is 5.77. The number of hydrogen-bond donors (Lipinski definition) is 1. The molecule has 2 rings (SSSR count). The van der Waals surface area contributed by atoms with Gasteiger partial charge in [0.05, 0.1) is 0 Å². The van der Waals surface area contributed by atoms with E-state index in [9.17, 15) is 0 Å². The van der Waals surface area contributed by atoms with Gasteiger partial charge in [-0.3, -0.25) is 0 Å². The second-order valence-corrected chi connectivity index (χ2v) is 6.67. The Morgan fingerprint density at radius 3 is 2.53 bits per heavy atom.